The van der Waals surface area contributed by atoms with Crippen molar-refractivity contribution in [1.29, 1.82) is 0 Å². The van der Waals surface area contributed by atoms with E-state index in [1.807, 2.05) is 44.2 Å². The number of hydrogen-bond donors (Lipinski definition) is 1. The summed E-state index contributed by atoms with van der Waals surface area (Å²) in [5.41, 5.74) is 3.47. The number of aliphatic hydroxyl groups excluding tert-OH is 1. The second-order valence-electron chi connectivity index (χ2n) is 9.40. The van der Waals surface area contributed by atoms with Crippen molar-refractivity contribution in [3.05, 3.63) is 89.3 Å². The number of nitrogens with zero attached hydrogens (tertiary/aromatic N) is 3. The van der Waals surface area contributed by atoms with Gasteiger partial charge in [0.25, 0.3) is 11.7 Å². The number of aromatic nitrogens is 1. The molecule has 2 aliphatic heterocycles. The fourth-order valence-corrected chi connectivity index (χ4v) is 5.16. The summed E-state index contributed by atoms with van der Waals surface area (Å²) in [5, 5.41) is 11.4. The number of ketones is 1. The van der Waals surface area contributed by atoms with Crippen LogP contribution in [0.25, 0.3) is 5.76 Å². The van der Waals surface area contributed by atoms with Crippen LogP contribution in [-0.2, 0) is 9.59 Å². The van der Waals surface area contributed by atoms with Crippen LogP contribution in [0.5, 0.6) is 5.75 Å². The summed E-state index contributed by atoms with van der Waals surface area (Å²) in [4.78, 5) is 35.0. The molecule has 0 radical (unpaired) electrons. The molecule has 1 N–H and O–H groups in total. The average Bonchev–Trinajstić information content (AvgIpc) is 3.20. The van der Waals surface area contributed by atoms with Gasteiger partial charge in [-0.15, -0.1) is 0 Å². The Morgan fingerprint density at radius 1 is 1.00 bits per heavy atom. The van der Waals surface area contributed by atoms with Crippen molar-refractivity contribution in [1.82, 2.24) is 4.98 Å². The molecule has 2 aliphatic rings. The minimum atomic E-state index is -0.853. The van der Waals surface area contributed by atoms with Crippen LogP contribution in [0.1, 0.15) is 49.0 Å². The van der Waals surface area contributed by atoms with Gasteiger partial charge in [0.05, 0.1) is 17.9 Å². The standard InChI is InChI=1S/C30H31N3O4/c1-3-37-25-15-10-21(19-20(25)2)28(34)26-27(24-9-5-6-16-31-24)33(30(36)29(26)35)23-13-11-22(12-14-23)32-17-7-4-8-18-32/h5-6,9-16,19,27,34H,3-4,7-8,17-18H2,1-2H3/b28-26-. The first kappa shape index (κ1) is 24.6. The van der Waals surface area contributed by atoms with Crippen molar-refractivity contribution >= 4 is 28.8 Å². The van der Waals surface area contributed by atoms with Crippen LogP contribution in [0, 0.1) is 6.92 Å². The largest absolute Gasteiger partial charge is 0.507 e. The number of aliphatic hydroxyl groups is 1. The molecule has 190 valence electrons. The number of carbonyl (C=O) groups is 2. The van der Waals surface area contributed by atoms with Gasteiger partial charge in [0.1, 0.15) is 17.6 Å². The highest BCUT2D eigenvalue weighted by molar-refractivity contribution is 6.51. The zero-order valence-electron chi connectivity index (χ0n) is 21.2. The van der Waals surface area contributed by atoms with Crippen molar-refractivity contribution in [2.75, 3.05) is 29.5 Å². The summed E-state index contributed by atoms with van der Waals surface area (Å²) >= 11 is 0. The van der Waals surface area contributed by atoms with Gasteiger partial charge in [-0.2, -0.15) is 0 Å². The molecule has 1 atom stereocenters. The number of hydrogen-bond acceptors (Lipinski definition) is 6. The number of anilines is 2. The Hall–Kier alpha value is -4.13. The molecule has 2 aromatic carbocycles. The fourth-order valence-electron chi connectivity index (χ4n) is 5.16. The van der Waals surface area contributed by atoms with Crippen molar-refractivity contribution in [3.63, 3.8) is 0 Å². The van der Waals surface area contributed by atoms with E-state index in [2.05, 4.69) is 9.88 Å². The molecule has 0 saturated carbocycles. The molecular formula is C30H31N3O4. The lowest BCUT2D eigenvalue weighted by Crippen LogP contribution is -2.31. The Balaban J connectivity index is 1.58. The maximum atomic E-state index is 13.4. The van der Waals surface area contributed by atoms with E-state index >= 15 is 0 Å². The predicted octanol–water partition coefficient (Wildman–Crippen LogP) is 5.41. The molecule has 0 aliphatic carbocycles. The average molecular weight is 498 g/mol. The topological polar surface area (TPSA) is 83.0 Å². The zero-order valence-corrected chi connectivity index (χ0v) is 21.2. The Labute approximate surface area is 217 Å². The van der Waals surface area contributed by atoms with Gasteiger partial charge < -0.3 is 14.7 Å². The highest BCUT2D eigenvalue weighted by atomic mass is 16.5. The van der Waals surface area contributed by atoms with Crippen LogP contribution >= 0.6 is 0 Å². The molecule has 2 fully saturated rings. The Morgan fingerprint density at radius 3 is 2.38 bits per heavy atom. The third-order valence-electron chi connectivity index (χ3n) is 7.01. The zero-order chi connectivity index (χ0) is 25.9. The van der Waals surface area contributed by atoms with E-state index in [4.69, 9.17) is 4.74 Å². The second kappa shape index (κ2) is 10.5. The predicted molar refractivity (Wildman–Crippen MR) is 144 cm³/mol. The number of piperidine rings is 1. The van der Waals surface area contributed by atoms with Gasteiger partial charge >= 0.3 is 0 Å². The van der Waals surface area contributed by atoms with E-state index in [0.717, 1.165) is 24.3 Å². The number of Topliss-reactive ketones (excluding diaryl/α,β-unsaturated/α-hetero) is 1. The first-order valence-electron chi connectivity index (χ1n) is 12.8. The Bertz CT molecular complexity index is 1330. The molecule has 3 aromatic rings. The van der Waals surface area contributed by atoms with Gasteiger partial charge in [-0.1, -0.05) is 6.07 Å². The van der Waals surface area contributed by atoms with Crippen LogP contribution in [-0.4, -0.2) is 41.5 Å². The molecule has 5 rings (SSSR count). The molecular weight excluding hydrogens is 466 g/mol. The van der Waals surface area contributed by atoms with E-state index in [-0.39, 0.29) is 11.3 Å². The van der Waals surface area contributed by atoms with E-state index in [1.165, 1.54) is 24.2 Å². The third kappa shape index (κ3) is 4.69. The maximum Gasteiger partial charge on any atom is 0.300 e. The van der Waals surface area contributed by atoms with Gasteiger partial charge in [0.15, 0.2) is 0 Å². The summed E-state index contributed by atoms with van der Waals surface area (Å²) < 4.78 is 5.61. The molecule has 7 heteroatoms. The monoisotopic (exact) mass is 497 g/mol. The van der Waals surface area contributed by atoms with Crippen molar-refractivity contribution in [2.24, 2.45) is 0 Å². The van der Waals surface area contributed by atoms with Gasteiger partial charge in [-0.25, -0.2) is 0 Å². The van der Waals surface area contributed by atoms with Crippen LogP contribution in [0.4, 0.5) is 11.4 Å². The van der Waals surface area contributed by atoms with Crippen molar-refractivity contribution in [2.45, 2.75) is 39.2 Å². The van der Waals surface area contributed by atoms with Crippen LogP contribution < -0.4 is 14.5 Å². The SMILES string of the molecule is CCOc1ccc(/C(O)=C2/C(=O)C(=O)N(c3ccc(N4CCCCC4)cc3)C2c2ccccn2)cc1C. The summed E-state index contributed by atoms with van der Waals surface area (Å²) in [7, 11) is 0. The van der Waals surface area contributed by atoms with Crippen molar-refractivity contribution in [3.8, 4) is 5.75 Å². The summed E-state index contributed by atoms with van der Waals surface area (Å²) in [6.45, 7) is 6.33. The lowest BCUT2D eigenvalue weighted by Gasteiger charge is -2.30. The highest BCUT2D eigenvalue weighted by Gasteiger charge is 2.47. The summed E-state index contributed by atoms with van der Waals surface area (Å²) in [6, 6.07) is 17.4. The summed E-state index contributed by atoms with van der Waals surface area (Å²) in [6.07, 6.45) is 5.20. The number of ether oxygens (including phenoxy) is 1. The normalized spacial score (nSPS) is 19.4. The molecule has 0 bridgehead atoms. The van der Waals surface area contributed by atoms with Gasteiger partial charge in [-0.3, -0.25) is 19.5 Å². The van der Waals surface area contributed by atoms with E-state index in [0.29, 0.717) is 29.3 Å². The van der Waals surface area contributed by atoms with Gasteiger partial charge in [0.2, 0.25) is 0 Å². The minimum absolute atomic E-state index is 0.0207. The number of benzene rings is 2. The minimum Gasteiger partial charge on any atom is -0.507 e. The number of amides is 1. The molecule has 7 nitrogen and oxygen atoms in total. The van der Waals surface area contributed by atoms with E-state index in [1.54, 1.807) is 36.5 Å². The van der Waals surface area contributed by atoms with Crippen LogP contribution in [0.2, 0.25) is 0 Å². The second-order valence-corrected chi connectivity index (χ2v) is 9.40. The highest BCUT2D eigenvalue weighted by Crippen LogP contribution is 2.42. The maximum absolute atomic E-state index is 13.4. The quantitative estimate of drug-likeness (QED) is 0.279. The lowest BCUT2D eigenvalue weighted by molar-refractivity contribution is -0.132. The van der Waals surface area contributed by atoms with Crippen molar-refractivity contribution < 1.29 is 19.4 Å². The van der Waals surface area contributed by atoms with Crippen LogP contribution in [0.15, 0.2) is 72.4 Å². The van der Waals surface area contributed by atoms with E-state index in [9.17, 15) is 14.7 Å². The number of rotatable bonds is 6. The van der Waals surface area contributed by atoms with Gasteiger partial charge in [-0.05, 0) is 93.3 Å². The molecule has 0 spiro atoms. The Morgan fingerprint density at radius 2 is 1.73 bits per heavy atom. The number of pyridine rings is 1. The number of aryl methyl sites for hydroxylation is 1. The molecule has 1 unspecified atom stereocenters. The molecule has 3 heterocycles. The summed E-state index contributed by atoms with van der Waals surface area (Å²) in [5.74, 6) is -0.951. The molecule has 1 aromatic heterocycles. The van der Waals surface area contributed by atoms with E-state index < -0.39 is 17.7 Å². The fraction of sp³-hybridized carbons (Fsp3) is 0.300. The smallest absolute Gasteiger partial charge is 0.300 e. The molecule has 1 amide bonds. The molecule has 2 saturated heterocycles. The van der Waals surface area contributed by atoms with Crippen LogP contribution in [0.3, 0.4) is 0 Å². The van der Waals surface area contributed by atoms with Gasteiger partial charge in [0, 0.05) is 36.2 Å². The number of carbonyl (C=O) groups excluding carboxylic acids is 2. The first-order valence-corrected chi connectivity index (χ1v) is 12.8. The lowest BCUT2D eigenvalue weighted by atomic mass is 9.97. The molecule has 37 heavy (non-hydrogen) atoms. The third-order valence-corrected chi connectivity index (χ3v) is 7.01. The first-order chi connectivity index (χ1) is 18.0. The Kier molecular flexibility index (Phi) is 6.95.